The number of hydrogen-bond donors (Lipinski definition) is 0. The van der Waals surface area contributed by atoms with Crippen molar-refractivity contribution in [2.45, 2.75) is 0 Å². The molecule has 9 heavy (non-hydrogen) atoms. The number of nitrogens with zero attached hydrogens (tertiary/aromatic N) is 5. The lowest BCUT2D eigenvalue weighted by atomic mass is 10.9. The fraction of sp³-hybridized carbons (Fsp3) is 0. The van der Waals surface area contributed by atoms with Crippen LogP contribution in [-0.4, -0.2) is 24.8 Å². The molecular weight excluding hydrogens is 118 g/mol. The summed E-state index contributed by atoms with van der Waals surface area (Å²) in [5, 5.41) is 10.9. The van der Waals surface area contributed by atoms with Crippen LogP contribution in [0.1, 0.15) is 0 Å². The van der Waals surface area contributed by atoms with Crippen LogP contribution in [0.15, 0.2) is 12.4 Å². The van der Waals surface area contributed by atoms with Gasteiger partial charge in [-0.1, -0.05) is 0 Å². The molecule has 0 saturated carbocycles. The molecule has 0 fully saturated rings. The van der Waals surface area contributed by atoms with E-state index in [0.29, 0.717) is 5.78 Å². The van der Waals surface area contributed by atoms with Gasteiger partial charge in [0.25, 0.3) is 5.78 Å². The molecule has 0 amide bonds. The van der Waals surface area contributed by atoms with E-state index in [1.165, 1.54) is 4.52 Å². The zero-order valence-corrected chi connectivity index (χ0v) is 4.39. The Kier molecular flexibility index (Phi) is 0.717. The third kappa shape index (κ3) is 0.543. The first-order valence-electron chi connectivity index (χ1n) is 2.37. The van der Waals surface area contributed by atoms with Crippen molar-refractivity contribution in [3.05, 3.63) is 18.7 Å². The molecule has 0 aliphatic rings. The van der Waals surface area contributed by atoms with Gasteiger partial charge in [0.2, 0.25) is 6.33 Å². The monoisotopic (exact) mass is 120 g/mol. The fourth-order valence-corrected chi connectivity index (χ4v) is 0.551. The number of hydrogen-bond acceptors (Lipinski definition) is 4. The van der Waals surface area contributed by atoms with E-state index in [1.807, 2.05) is 0 Å². The maximum absolute atomic E-state index is 3.84. The van der Waals surface area contributed by atoms with Crippen LogP contribution in [0.5, 0.6) is 0 Å². The first kappa shape index (κ1) is 4.37. The zero-order chi connectivity index (χ0) is 6.10. The van der Waals surface area contributed by atoms with Crippen LogP contribution in [-0.2, 0) is 0 Å². The predicted octanol–water partition coefficient (Wildman–Crippen LogP) is -0.681. The highest BCUT2D eigenvalue weighted by atomic mass is 15.4. The molecule has 0 aliphatic carbocycles. The first-order chi connectivity index (χ1) is 4.47. The van der Waals surface area contributed by atoms with Crippen LogP contribution in [0.25, 0.3) is 5.78 Å². The van der Waals surface area contributed by atoms with Gasteiger partial charge in [-0.2, -0.15) is 9.61 Å². The summed E-state index contributed by atoms with van der Waals surface area (Å²) in [4.78, 5) is 3.84. The minimum atomic E-state index is 0.470. The van der Waals surface area contributed by atoms with Crippen LogP contribution in [0, 0.1) is 6.33 Å². The summed E-state index contributed by atoms with van der Waals surface area (Å²) in [6.45, 7) is 0. The smallest absolute Gasteiger partial charge is 0.217 e. The molecule has 0 aromatic carbocycles. The highest BCUT2D eigenvalue weighted by molar-refractivity contribution is 5.18. The first-order valence-corrected chi connectivity index (χ1v) is 2.37. The van der Waals surface area contributed by atoms with Gasteiger partial charge >= 0.3 is 0 Å². The number of fused-ring (bicyclic) bond motifs is 1. The topological polar surface area (TPSA) is 56.0 Å². The Morgan fingerprint density at radius 3 is 3.33 bits per heavy atom. The van der Waals surface area contributed by atoms with Gasteiger partial charge in [0.05, 0.1) is 12.4 Å². The Morgan fingerprint density at radius 2 is 2.44 bits per heavy atom. The number of aromatic nitrogens is 5. The fourth-order valence-electron chi connectivity index (χ4n) is 0.551. The molecule has 5 heteroatoms. The van der Waals surface area contributed by atoms with Crippen LogP contribution in [0.2, 0.25) is 0 Å². The van der Waals surface area contributed by atoms with E-state index in [-0.39, 0.29) is 0 Å². The van der Waals surface area contributed by atoms with E-state index in [0.717, 1.165) is 0 Å². The third-order valence-corrected chi connectivity index (χ3v) is 0.907. The largest absolute Gasteiger partial charge is 0.272 e. The molecule has 43 valence electrons. The van der Waals surface area contributed by atoms with Crippen molar-refractivity contribution < 1.29 is 0 Å². The Bertz CT molecular complexity index is 283. The van der Waals surface area contributed by atoms with E-state index >= 15 is 0 Å². The van der Waals surface area contributed by atoms with Crippen LogP contribution in [0.4, 0.5) is 0 Å². The Balaban J connectivity index is 2.95. The van der Waals surface area contributed by atoms with Gasteiger partial charge in [-0.3, -0.25) is 0 Å². The average Bonchev–Trinajstić information content (AvgIpc) is 2.33. The molecule has 2 rings (SSSR count). The Hall–Kier alpha value is -1.52. The standard InChI is InChI=1S/C4H2N5/c1-2-7-9-3-6-8-4(9)5-1/h1-2H. The lowest BCUT2D eigenvalue weighted by Gasteiger charge is -1.81. The molecule has 0 N–H and O–H groups in total. The minimum Gasteiger partial charge on any atom is -0.217 e. The van der Waals surface area contributed by atoms with E-state index in [4.69, 9.17) is 0 Å². The van der Waals surface area contributed by atoms with Gasteiger partial charge < -0.3 is 0 Å². The minimum absolute atomic E-state index is 0.470. The molecule has 1 radical (unpaired) electrons. The van der Waals surface area contributed by atoms with E-state index in [2.05, 4.69) is 26.6 Å². The zero-order valence-electron chi connectivity index (χ0n) is 4.39. The lowest BCUT2D eigenvalue weighted by Crippen LogP contribution is -1.89. The van der Waals surface area contributed by atoms with Crippen LogP contribution >= 0.6 is 0 Å². The van der Waals surface area contributed by atoms with Crippen molar-refractivity contribution in [2.24, 2.45) is 0 Å². The summed E-state index contributed by atoms with van der Waals surface area (Å²) in [6, 6.07) is 0. The SMILES string of the molecule is [c]1nnc2nccnn12. The molecule has 0 saturated heterocycles. The maximum Gasteiger partial charge on any atom is 0.272 e. The molecule has 0 bridgehead atoms. The van der Waals surface area contributed by atoms with Gasteiger partial charge in [0.1, 0.15) is 0 Å². The van der Waals surface area contributed by atoms with Crippen LogP contribution in [0.3, 0.4) is 0 Å². The van der Waals surface area contributed by atoms with Crippen molar-refractivity contribution in [3.63, 3.8) is 0 Å². The van der Waals surface area contributed by atoms with E-state index in [1.54, 1.807) is 12.4 Å². The third-order valence-electron chi connectivity index (χ3n) is 0.907. The summed E-state index contributed by atoms with van der Waals surface area (Å²) in [5.41, 5.74) is 0. The summed E-state index contributed by atoms with van der Waals surface area (Å²) >= 11 is 0. The van der Waals surface area contributed by atoms with Gasteiger partial charge in [0, 0.05) is 0 Å². The van der Waals surface area contributed by atoms with Gasteiger partial charge in [-0.05, 0) is 0 Å². The quantitative estimate of drug-likeness (QED) is 0.462. The molecule has 0 unspecified atom stereocenters. The Labute approximate surface area is 50.4 Å². The maximum atomic E-state index is 3.84. The summed E-state index contributed by atoms with van der Waals surface area (Å²) in [6.07, 6.45) is 5.60. The molecule has 2 aromatic heterocycles. The van der Waals surface area contributed by atoms with E-state index < -0.39 is 0 Å². The predicted molar refractivity (Wildman–Crippen MR) is 27.4 cm³/mol. The highest BCUT2D eigenvalue weighted by Crippen LogP contribution is 1.83. The van der Waals surface area contributed by atoms with Crippen molar-refractivity contribution in [1.29, 1.82) is 0 Å². The van der Waals surface area contributed by atoms with Crippen LogP contribution < -0.4 is 0 Å². The van der Waals surface area contributed by atoms with Gasteiger partial charge in [0.15, 0.2) is 0 Å². The van der Waals surface area contributed by atoms with Crippen molar-refractivity contribution in [2.75, 3.05) is 0 Å². The van der Waals surface area contributed by atoms with Gasteiger partial charge in [-0.15, -0.1) is 10.2 Å². The van der Waals surface area contributed by atoms with Crippen molar-refractivity contribution in [3.8, 4) is 0 Å². The molecule has 2 heterocycles. The second kappa shape index (κ2) is 1.48. The molecular formula is C4H2N5. The second-order valence-corrected chi connectivity index (χ2v) is 1.45. The molecule has 0 aliphatic heterocycles. The summed E-state index contributed by atoms with van der Waals surface area (Å²) in [5.74, 6) is 0.470. The Morgan fingerprint density at radius 1 is 1.44 bits per heavy atom. The molecule has 0 spiro atoms. The summed E-state index contributed by atoms with van der Waals surface area (Å²) < 4.78 is 1.38. The lowest BCUT2D eigenvalue weighted by molar-refractivity contribution is 0.891. The average molecular weight is 120 g/mol. The normalized spacial score (nSPS) is 10.2. The molecule has 5 nitrogen and oxygen atoms in total. The second-order valence-electron chi connectivity index (χ2n) is 1.45. The summed E-state index contributed by atoms with van der Waals surface area (Å²) in [7, 11) is 0. The molecule has 2 aromatic rings. The molecule has 0 atom stereocenters. The van der Waals surface area contributed by atoms with Crippen molar-refractivity contribution in [1.82, 2.24) is 24.8 Å². The van der Waals surface area contributed by atoms with Crippen molar-refractivity contribution >= 4 is 5.78 Å². The van der Waals surface area contributed by atoms with Gasteiger partial charge in [-0.25, -0.2) is 4.98 Å². The highest BCUT2D eigenvalue weighted by Gasteiger charge is 1.91. The van der Waals surface area contributed by atoms with E-state index in [9.17, 15) is 0 Å². The number of rotatable bonds is 0.